The minimum Gasteiger partial charge on any atom is -1.00 e. The van der Waals surface area contributed by atoms with Crippen LogP contribution in [0.2, 0.25) is 0 Å². The number of hydrogen-bond acceptors (Lipinski definition) is 0. The SMILES string of the molecule is C=CCC(C)(c1ccccc1)[NH+](C)CC.[Cl-]. The van der Waals surface area contributed by atoms with Crippen molar-refractivity contribution < 1.29 is 17.3 Å². The van der Waals surface area contributed by atoms with Crippen LogP contribution in [0.15, 0.2) is 43.0 Å². The fraction of sp³-hybridized carbons (Fsp3) is 0.429. The van der Waals surface area contributed by atoms with Gasteiger partial charge in [0.1, 0.15) is 5.54 Å². The Morgan fingerprint density at radius 2 is 1.88 bits per heavy atom. The van der Waals surface area contributed by atoms with Crippen LogP contribution >= 0.6 is 0 Å². The van der Waals surface area contributed by atoms with Crippen LogP contribution in [0.4, 0.5) is 0 Å². The minimum atomic E-state index is 0. The summed E-state index contributed by atoms with van der Waals surface area (Å²) in [5.74, 6) is 0. The Bertz CT molecular complexity index is 310. The third-order valence-electron chi connectivity index (χ3n) is 3.44. The minimum absolute atomic E-state index is 0. The third kappa shape index (κ3) is 3.10. The van der Waals surface area contributed by atoms with Crippen LogP contribution in [0.3, 0.4) is 0 Å². The molecule has 0 radical (unpaired) electrons. The van der Waals surface area contributed by atoms with E-state index in [1.165, 1.54) is 10.5 Å². The van der Waals surface area contributed by atoms with Gasteiger partial charge in [0.2, 0.25) is 0 Å². The van der Waals surface area contributed by atoms with Crippen molar-refractivity contribution in [2.75, 3.05) is 13.6 Å². The van der Waals surface area contributed by atoms with E-state index < -0.39 is 0 Å². The maximum atomic E-state index is 3.87. The molecular formula is C14H22ClN. The van der Waals surface area contributed by atoms with Gasteiger partial charge in [-0.1, -0.05) is 36.4 Å². The zero-order chi connectivity index (χ0) is 11.3. The second kappa shape index (κ2) is 6.72. The Balaban J connectivity index is 0.00000225. The van der Waals surface area contributed by atoms with E-state index in [9.17, 15) is 0 Å². The molecule has 1 aromatic rings. The van der Waals surface area contributed by atoms with E-state index in [0.29, 0.717) is 0 Å². The molecule has 2 heteroatoms. The number of benzene rings is 1. The Morgan fingerprint density at radius 1 is 1.31 bits per heavy atom. The molecule has 0 fully saturated rings. The summed E-state index contributed by atoms with van der Waals surface area (Å²) in [6.45, 7) is 9.53. The summed E-state index contributed by atoms with van der Waals surface area (Å²) in [6, 6.07) is 10.7. The van der Waals surface area contributed by atoms with Crippen molar-refractivity contribution in [2.24, 2.45) is 0 Å². The number of quaternary nitrogens is 1. The van der Waals surface area contributed by atoms with Gasteiger partial charge < -0.3 is 17.3 Å². The molecule has 2 unspecified atom stereocenters. The van der Waals surface area contributed by atoms with E-state index in [0.717, 1.165) is 13.0 Å². The molecule has 0 bridgehead atoms. The topological polar surface area (TPSA) is 4.44 Å². The van der Waals surface area contributed by atoms with Gasteiger partial charge in [0.15, 0.2) is 0 Å². The smallest absolute Gasteiger partial charge is 0.124 e. The molecule has 16 heavy (non-hydrogen) atoms. The summed E-state index contributed by atoms with van der Waals surface area (Å²) in [5, 5.41) is 0. The highest BCUT2D eigenvalue weighted by Gasteiger charge is 2.32. The van der Waals surface area contributed by atoms with Crippen LogP contribution in [-0.2, 0) is 5.54 Å². The summed E-state index contributed by atoms with van der Waals surface area (Å²) in [4.78, 5) is 1.52. The van der Waals surface area contributed by atoms with Crippen molar-refractivity contribution in [3.05, 3.63) is 48.6 Å². The predicted molar refractivity (Wildman–Crippen MR) is 66.0 cm³/mol. The Labute approximate surface area is 106 Å². The first kappa shape index (κ1) is 15.2. The normalized spacial score (nSPS) is 15.7. The molecule has 1 rings (SSSR count). The molecule has 0 saturated heterocycles. The van der Waals surface area contributed by atoms with Crippen molar-refractivity contribution in [2.45, 2.75) is 25.8 Å². The summed E-state index contributed by atoms with van der Waals surface area (Å²) >= 11 is 0. The van der Waals surface area contributed by atoms with Crippen LogP contribution in [0.5, 0.6) is 0 Å². The van der Waals surface area contributed by atoms with Gasteiger partial charge in [0, 0.05) is 12.0 Å². The molecule has 0 spiro atoms. The first-order valence-electron chi connectivity index (χ1n) is 5.64. The van der Waals surface area contributed by atoms with Gasteiger partial charge in [0.25, 0.3) is 0 Å². The van der Waals surface area contributed by atoms with E-state index in [1.54, 1.807) is 0 Å². The maximum Gasteiger partial charge on any atom is 0.124 e. The van der Waals surface area contributed by atoms with Gasteiger partial charge in [-0.3, -0.25) is 0 Å². The molecule has 0 aromatic heterocycles. The lowest BCUT2D eigenvalue weighted by Crippen LogP contribution is -3.15. The van der Waals surface area contributed by atoms with E-state index in [2.05, 4.69) is 57.8 Å². The molecule has 0 saturated carbocycles. The molecule has 0 aliphatic carbocycles. The van der Waals surface area contributed by atoms with Gasteiger partial charge in [-0.05, 0) is 13.8 Å². The van der Waals surface area contributed by atoms with E-state index in [4.69, 9.17) is 0 Å². The number of nitrogens with one attached hydrogen (secondary N) is 1. The largest absolute Gasteiger partial charge is 1.00 e. The fourth-order valence-corrected chi connectivity index (χ4v) is 2.02. The quantitative estimate of drug-likeness (QED) is 0.630. The van der Waals surface area contributed by atoms with Crippen LogP contribution < -0.4 is 17.3 Å². The molecule has 90 valence electrons. The highest BCUT2D eigenvalue weighted by molar-refractivity contribution is 5.22. The maximum absolute atomic E-state index is 3.87. The van der Waals surface area contributed by atoms with Crippen molar-refractivity contribution in [3.8, 4) is 0 Å². The molecule has 0 aliphatic heterocycles. The Hall–Kier alpha value is -0.790. The Morgan fingerprint density at radius 3 is 2.31 bits per heavy atom. The van der Waals surface area contributed by atoms with Gasteiger partial charge in [-0.15, -0.1) is 6.58 Å². The van der Waals surface area contributed by atoms with Gasteiger partial charge in [0.05, 0.1) is 13.6 Å². The fourth-order valence-electron chi connectivity index (χ4n) is 2.02. The number of hydrogen-bond donors (Lipinski definition) is 1. The first-order chi connectivity index (χ1) is 7.15. The van der Waals surface area contributed by atoms with Gasteiger partial charge >= 0.3 is 0 Å². The monoisotopic (exact) mass is 239 g/mol. The highest BCUT2D eigenvalue weighted by atomic mass is 35.5. The molecule has 0 aliphatic rings. The zero-order valence-electron chi connectivity index (χ0n) is 10.5. The molecule has 2 atom stereocenters. The lowest BCUT2D eigenvalue weighted by molar-refractivity contribution is -0.938. The van der Waals surface area contributed by atoms with Gasteiger partial charge in [-0.2, -0.15) is 0 Å². The van der Waals surface area contributed by atoms with Crippen molar-refractivity contribution >= 4 is 0 Å². The summed E-state index contributed by atoms with van der Waals surface area (Å²) < 4.78 is 0. The number of rotatable bonds is 5. The van der Waals surface area contributed by atoms with Crippen LogP contribution in [0.1, 0.15) is 25.8 Å². The van der Waals surface area contributed by atoms with Crippen LogP contribution in [-0.4, -0.2) is 13.6 Å². The highest BCUT2D eigenvalue weighted by Crippen LogP contribution is 2.21. The molecule has 1 aromatic carbocycles. The van der Waals surface area contributed by atoms with Crippen molar-refractivity contribution in [3.63, 3.8) is 0 Å². The second-order valence-corrected chi connectivity index (χ2v) is 4.32. The third-order valence-corrected chi connectivity index (χ3v) is 3.44. The van der Waals surface area contributed by atoms with Crippen LogP contribution in [0, 0.1) is 0 Å². The molecular weight excluding hydrogens is 218 g/mol. The summed E-state index contributed by atoms with van der Waals surface area (Å²) in [5.41, 5.74) is 1.54. The standard InChI is InChI=1S/C14H21N.ClH/c1-5-12-14(3,15(4)6-2)13-10-8-7-9-11-13;/h5,7-11H,1,6,12H2,2-4H3;1H. The van der Waals surface area contributed by atoms with E-state index in [1.807, 2.05) is 6.08 Å². The van der Waals surface area contributed by atoms with Gasteiger partial charge in [-0.25, -0.2) is 0 Å². The Kier molecular flexibility index (Phi) is 6.39. The van der Waals surface area contributed by atoms with E-state index >= 15 is 0 Å². The summed E-state index contributed by atoms with van der Waals surface area (Å²) in [7, 11) is 2.25. The molecule has 1 nitrogen and oxygen atoms in total. The van der Waals surface area contributed by atoms with Crippen molar-refractivity contribution in [1.82, 2.24) is 0 Å². The predicted octanol–water partition coefficient (Wildman–Crippen LogP) is -0.983. The second-order valence-electron chi connectivity index (χ2n) is 4.32. The average Bonchev–Trinajstić information content (AvgIpc) is 2.29. The summed E-state index contributed by atoms with van der Waals surface area (Å²) in [6.07, 6.45) is 3.03. The van der Waals surface area contributed by atoms with E-state index in [-0.39, 0.29) is 17.9 Å². The molecule has 1 N–H and O–H groups in total. The average molecular weight is 240 g/mol. The molecule has 0 amide bonds. The lowest BCUT2D eigenvalue weighted by Gasteiger charge is -2.35. The number of halogens is 1. The van der Waals surface area contributed by atoms with Crippen LogP contribution in [0.25, 0.3) is 0 Å². The first-order valence-corrected chi connectivity index (χ1v) is 5.64. The zero-order valence-corrected chi connectivity index (χ0v) is 11.2. The lowest BCUT2D eigenvalue weighted by atomic mass is 9.87. The van der Waals surface area contributed by atoms with Crippen molar-refractivity contribution in [1.29, 1.82) is 0 Å². The molecule has 0 heterocycles.